The number of anilines is 2. The molecular formula is C33H34ClN3O8. The maximum atomic E-state index is 13.6. The van der Waals surface area contributed by atoms with Gasteiger partial charge in [-0.15, -0.1) is 0 Å². The van der Waals surface area contributed by atoms with Crippen molar-refractivity contribution in [3.8, 4) is 23.0 Å². The van der Waals surface area contributed by atoms with Crippen LogP contribution in [0.5, 0.6) is 23.0 Å². The van der Waals surface area contributed by atoms with Crippen LogP contribution in [0.25, 0.3) is 6.08 Å². The smallest absolute Gasteiger partial charge is 0.335 e. The minimum absolute atomic E-state index is 0.0804. The second-order valence-electron chi connectivity index (χ2n) is 9.84. The third kappa shape index (κ3) is 8.12. The number of urea groups is 1. The van der Waals surface area contributed by atoms with Crippen molar-refractivity contribution in [1.29, 1.82) is 0 Å². The third-order valence-corrected chi connectivity index (χ3v) is 6.62. The first kappa shape index (κ1) is 32.9. The molecule has 4 rings (SSSR count). The molecule has 0 atom stereocenters. The van der Waals surface area contributed by atoms with Gasteiger partial charge in [-0.25, -0.2) is 9.69 Å². The Labute approximate surface area is 266 Å². The molecule has 1 fully saturated rings. The van der Waals surface area contributed by atoms with Crippen molar-refractivity contribution >= 4 is 52.8 Å². The summed E-state index contributed by atoms with van der Waals surface area (Å²) in [7, 11) is 0. The Balaban J connectivity index is 1.59. The minimum atomic E-state index is -0.910. The van der Waals surface area contributed by atoms with Gasteiger partial charge in [0.05, 0.1) is 30.5 Å². The van der Waals surface area contributed by atoms with Gasteiger partial charge in [0.15, 0.2) is 29.6 Å². The van der Waals surface area contributed by atoms with Crippen LogP contribution in [0.4, 0.5) is 16.2 Å². The molecule has 0 unspecified atom stereocenters. The zero-order valence-corrected chi connectivity index (χ0v) is 26.2. The number of aryl methyl sites for hydroxylation is 1. The van der Waals surface area contributed by atoms with Crippen LogP contribution in [0, 0.1) is 6.92 Å². The van der Waals surface area contributed by atoms with Gasteiger partial charge in [0.1, 0.15) is 5.57 Å². The normalized spacial score (nSPS) is 13.8. The predicted molar refractivity (Wildman–Crippen MR) is 170 cm³/mol. The van der Waals surface area contributed by atoms with Crippen molar-refractivity contribution in [3.05, 3.63) is 76.3 Å². The molecule has 0 saturated carbocycles. The maximum absolute atomic E-state index is 13.6. The summed E-state index contributed by atoms with van der Waals surface area (Å²) in [4.78, 5) is 52.6. The van der Waals surface area contributed by atoms with E-state index in [4.69, 9.17) is 30.5 Å². The lowest BCUT2D eigenvalue weighted by atomic mass is 10.1. The summed E-state index contributed by atoms with van der Waals surface area (Å²) >= 11 is 6.53. The van der Waals surface area contributed by atoms with Gasteiger partial charge in [0.25, 0.3) is 17.7 Å². The van der Waals surface area contributed by atoms with Gasteiger partial charge in [-0.2, -0.15) is 0 Å². The highest BCUT2D eigenvalue weighted by Gasteiger charge is 2.37. The Kier molecular flexibility index (Phi) is 11.0. The quantitative estimate of drug-likeness (QED) is 0.175. The number of barbiturate groups is 1. The SMILES string of the molecule is CCCOc1ccc(N2C(=O)NC(=O)/C(=C\c3cc(Cl)c(OCC(=O)Nc4cccc(C)c4)c(OCC)c3)C2=O)cc1OCC. The Morgan fingerprint density at radius 1 is 0.911 bits per heavy atom. The van der Waals surface area contributed by atoms with Crippen LogP contribution in [0.1, 0.15) is 38.3 Å². The summed E-state index contributed by atoms with van der Waals surface area (Å²) in [5.41, 5.74) is 1.81. The number of carbonyl (C=O) groups is 4. The Bertz CT molecular complexity index is 1640. The van der Waals surface area contributed by atoms with Crippen molar-refractivity contribution in [1.82, 2.24) is 5.32 Å². The molecule has 0 radical (unpaired) electrons. The van der Waals surface area contributed by atoms with Crippen molar-refractivity contribution in [2.75, 3.05) is 36.6 Å². The number of carbonyl (C=O) groups excluding carboxylic acids is 4. The summed E-state index contributed by atoms with van der Waals surface area (Å²) in [5.74, 6) is -1.01. The van der Waals surface area contributed by atoms with Crippen LogP contribution >= 0.6 is 11.6 Å². The van der Waals surface area contributed by atoms with Gasteiger partial charge in [-0.1, -0.05) is 30.7 Å². The van der Waals surface area contributed by atoms with E-state index in [0.29, 0.717) is 36.0 Å². The summed E-state index contributed by atoms with van der Waals surface area (Å²) in [6.45, 7) is 8.11. The Morgan fingerprint density at radius 3 is 2.38 bits per heavy atom. The fourth-order valence-electron chi connectivity index (χ4n) is 4.43. The molecule has 1 aliphatic heterocycles. The number of halogens is 1. The molecule has 3 aromatic rings. The zero-order valence-electron chi connectivity index (χ0n) is 25.4. The molecule has 0 aromatic heterocycles. The summed E-state index contributed by atoms with van der Waals surface area (Å²) in [6.07, 6.45) is 2.07. The fourth-order valence-corrected chi connectivity index (χ4v) is 4.70. The summed E-state index contributed by atoms with van der Waals surface area (Å²) in [6, 6.07) is 14.0. The van der Waals surface area contributed by atoms with Crippen LogP contribution in [-0.2, 0) is 14.4 Å². The molecule has 0 bridgehead atoms. The predicted octanol–water partition coefficient (Wildman–Crippen LogP) is 5.92. The summed E-state index contributed by atoms with van der Waals surface area (Å²) in [5, 5.41) is 5.04. The standard InChI is InChI=1S/C33H34ClN3O8/c1-5-13-44-26-12-11-23(18-27(26)42-6-2)37-32(40)24(31(39)36-33(37)41)15-21-16-25(34)30(28(17-21)43-7-3)45-19-29(38)35-22-10-8-9-20(4)14-22/h8-12,14-18H,5-7,13,19H2,1-4H3,(H,35,38)(H,36,39,41)/b24-15+. The number of ether oxygens (including phenoxy) is 4. The lowest BCUT2D eigenvalue weighted by Crippen LogP contribution is -2.54. The minimum Gasteiger partial charge on any atom is -0.490 e. The number of hydrogen-bond acceptors (Lipinski definition) is 8. The zero-order chi connectivity index (χ0) is 32.5. The number of benzene rings is 3. The van der Waals surface area contributed by atoms with E-state index in [-0.39, 0.29) is 41.0 Å². The highest BCUT2D eigenvalue weighted by atomic mass is 35.5. The molecule has 0 spiro atoms. The highest BCUT2D eigenvalue weighted by molar-refractivity contribution is 6.39. The van der Waals surface area contributed by atoms with Gasteiger partial charge in [-0.05, 0) is 80.8 Å². The molecule has 0 aliphatic carbocycles. The van der Waals surface area contributed by atoms with E-state index in [0.717, 1.165) is 16.9 Å². The molecule has 2 N–H and O–H groups in total. The van der Waals surface area contributed by atoms with E-state index in [1.54, 1.807) is 26.0 Å². The number of nitrogens with one attached hydrogen (secondary N) is 2. The Hall–Kier alpha value is -5.03. The average molecular weight is 636 g/mol. The van der Waals surface area contributed by atoms with Crippen molar-refractivity contribution < 1.29 is 38.1 Å². The number of nitrogens with zero attached hydrogens (tertiary/aromatic N) is 1. The second kappa shape index (κ2) is 15.1. The molecule has 1 saturated heterocycles. The van der Waals surface area contributed by atoms with Crippen LogP contribution in [-0.4, -0.2) is 50.2 Å². The first-order valence-corrected chi connectivity index (χ1v) is 14.8. The van der Waals surface area contributed by atoms with Crippen molar-refractivity contribution in [2.24, 2.45) is 0 Å². The second-order valence-corrected chi connectivity index (χ2v) is 10.2. The first-order chi connectivity index (χ1) is 21.6. The van der Waals surface area contributed by atoms with Gasteiger partial charge in [0, 0.05) is 11.8 Å². The number of hydrogen-bond donors (Lipinski definition) is 2. The van der Waals surface area contributed by atoms with Crippen LogP contribution < -0.4 is 34.5 Å². The molecular weight excluding hydrogens is 602 g/mol. The van der Waals surface area contributed by atoms with Gasteiger partial charge in [-0.3, -0.25) is 19.7 Å². The number of amides is 5. The molecule has 236 valence electrons. The molecule has 12 heteroatoms. The molecule has 45 heavy (non-hydrogen) atoms. The van der Waals surface area contributed by atoms with E-state index in [2.05, 4.69) is 10.6 Å². The molecule has 11 nitrogen and oxygen atoms in total. The van der Waals surface area contributed by atoms with Gasteiger partial charge < -0.3 is 24.3 Å². The van der Waals surface area contributed by atoms with E-state index >= 15 is 0 Å². The Morgan fingerprint density at radius 2 is 1.67 bits per heavy atom. The molecule has 5 amide bonds. The van der Waals surface area contributed by atoms with E-state index in [1.807, 2.05) is 32.0 Å². The largest absolute Gasteiger partial charge is 0.490 e. The average Bonchev–Trinajstić information content (AvgIpc) is 2.98. The lowest BCUT2D eigenvalue weighted by molar-refractivity contribution is -0.122. The molecule has 1 aliphatic rings. The van der Waals surface area contributed by atoms with E-state index < -0.39 is 23.8 Å². The molecule has 3 aromatic carbocycles. The van der Waals surface area contributed by atoms with Crippen LogP contribution in [0.2, 0.25) is 5.02 Å². The van der Waals surface area contributed by atoms with Gasteiger partial charge >= 0.3 is 6.03 Å². The fraction of sp³-hybridized carbons (Fsp3) is 0.273. The highest BCUT2D eigenvalue weighted by Crippen LogP contribution is 2.38. The lowest BCUT2D eigenvalue weighted by Gasteiger charge is -2.27. The monoisotopic (exact) mass is 635 g/mol. The third-order valence-electron chi connectivity index (χ3n) is 6.34. The van der Waals surface area contributed by atoms with E-state index in [1.165, 1.54) is 30.3 Å². The van der Waals surface area contributed by atoms with Crippen molar-refractivity contribution in [2.45, 2.75) is 34.1 Å². The van der Waals surface area contributed by atoms with Gasteiger partial charge in [0.2, 0.25) is 0 Å². The number of imide groups is 2. The topological polar surface area (TPSA) is 132 Å². The molecule has 1 heterocycles. The first-order valence-electron chi connectivity index (χ1n) is 14.4. The van der Waals surface area contributed by atoms with Crippen LogP contribution in [0.15, 0.2) is 60.2 Å². The maximum Gasteiger partial charge on any atom is 0.335 e. The van der Waals surface area contributed by atoms with Crippen molar-refractivity contribution in [3.63, 3.8) is 0 Å². The number of rotatable bonds is 13. The summed E-state index contributed by atoms with van der Waals surface area (Å²) < 4.78 is 22.8. The van der Waals surface area contributed by atoms with E-state index in [9.17, 15) is 19.2 Å². The van der Waals surface area contributed by atoms with Crippen LogP contribution in [0.3, 0.4) is 0 Å².